The first-order valence-corrected chi connectivity index (χ1v) is 10.6. The number of aliphatic hydroxyl groups is 2. The van der Waals surface area contributed by atoms with Crippen molar-refractivity contribution < 1.29 is 34.1 Å². The van der Waals surface area contributed by atoms with Crippen molar-refractivity contribution in [2.75, 3.05) is 0 Å². The maximum atomic E-state index is 13.9. The van der Waals surface area contributed by atoms with Crippen LogP contribution in [0.2, 0.25) is 0 Å². The summed E-state index contributed by atoms with van der Waals surface area (Å²) in [4.78, 5) is 38.4. The fourth-order valence-electron chi connectivity index (χ4n) is 3.78. The maximum absolute atomic E-state index is 13.9. The van der Waals surface area contributed by atoms with Crippen molar-refractivity contribution in [1.82, 2.24) is 0 Å². The number of Topliss-reactive ketones (excluding diaryl/α,β-unsaturated/α-hetero) is 1. The Kier molecular flexibility index (Phi) is 7.66. The Hall–Kier alpha value is -3.55. The van der Waals surface area contributed by atoms with Crippen LogP contribution in [-0.2, 0) is 35.1 Å². The number of carbonyl (C=O) groups excluding carboxylic acids is 3. The lowest BCUT2D eigenvalue weighted by Crippen LogP contribution is -2.67. The molecule has 180 valence electrons. The molecule has 0 saturated carbocycles. The molecule has 0 amide bonds. The number of rotatable bonds is 10. The van der Waals surface area contributed by atoms with Crippen LogP contribution in [-0.4, -0.2) is 39.1 Å². The van der Waals surface area contributed by atoms with Crippen LogP contribution in [0.4, 0.5) is 0 Å². The van der Waals surface area contributed by atoms with E-state index in [9.17, 15) is 24.6 Å². The van der Waals surface area contributed by atoms with Gasteiger partial charge in [0.25, 0.3) is 0 Å². The van der Waals surface area contributed by atoms with Gasteiger partial charge in [0.15, 0.2) is 22.4 Å². The van der Waals surface area contributed by atoms with Crippen LogP contribution in [0.15, 0.2) is 86.0 Å². The van der Waals surface area contributed by atoms with Crippen LogP contribution in [0.5, 0.6) is 0 Å². The number of benzene rings is 2. The third-order valence-electron chi connectivity index (χ3n) is 6.33. The topological polar surface area (TPSA) is 110 Å². The van der Waals surface area contributed by atoms with Crippen molar-refractivity contribution >= 4 is 17.7 Å². The highest BCUT2D eigenvalue weighted by Gasteiger charge is 2.63. The molecule has 0 saturated heterocycles. The zero-order chi connectivity index (χ0) is 25.8. The number of carbonyl (C=O) groups is 3. The van der Waals surface area contributed by atoms with Crippen LogP contribution in [0, 0.1) is 0 Å². The summed E-state index contributed by atoms with van der Waals surface area (Å²) in [5.41, 5.74) is -8.28. The molecular weight excluding hydrogens is 436 g/mol. The van der Waals surface area contributed by atoms with Crippen LogP contribution >= 0.6 is 0 Å². The van der Waals surface area contributed by atoms with Gasteiger partial charge in [0, 0.05) is 12.2 Å². The van der Waals surface area contributed by atoms with Crippen LogP contribution in [0.3, 0.4) is 0 Å². The lowest BCUT2D eigenvalue weighted by atomic mass is 9.67. The molecule has 0 aromatic heterocycles. The predicted molar refractivity (Wildman–Crippen MR) is 126 cm³/mol. The fourth-order valence-corrected chi connectivity index (χ4v) is 3.78. The van der Waals surface area contributed by atoms with Gasteiger partial charge in [0.2, 0.25) is 5.78 Å². The molecule has 0 radical (unpaired) electrons. The smallest absolute Gasteiger partial charge is 0.331 e. The van der Waals surface area contributed by atoms with E-state index in [1.165, 1.54) is 13.8 Å². The summed E-state index contributed by atoms with van der Waals surface area (Å²) < 4.78 is 11.0. The summed E-state index contributed by atoms with van der Waals surface area (Å²) in [5, 5.41) is 23.3. The number of ether oxygens (including phenoxy) is 2. The number of hydrogen-bond acceptors (Lipinski definition) is 7. The molecule has 0 fully saturated rings. The zero-order valence-corrected chi connectivity index (χ0v) is 19.8. The summed E-state index contributed by atoms with van der Waals surface area (Å²) in [7, 11) is 0. The minimum Gasteiger partial charge on any atom is -0.448 e. The highest BCUT2D eigenvalue weighted by atomic mass is 16.6. The minimum absolute atomic E-state index is 0.295. The molecule has 0 aliphatic heterocycles. The molecule has 0 heterocycles. The Labute approximate surface area is 199 Å². The molecular formula is C27H30O7. The molecule has 2 aromatic carbocycles. The van der Waals surface area contributed by atoms with Crippen LogP contribution < -0.4 is 0 Å². The molecule has 2 rings (SSSR count). The Morgan fingerprint density at radius 1 is 0.676 bits per heavy atom. The maximum Gasteiger partial charge on any atom is 0.331 e. The monoisotopic (exact) mass is 466 g/mol. The first kappa shape index (κ1) is 26.7. The van der Waals surface area contributed by atoms with Gasteiger partial charge in [0.05, 0.1) is 0 Å². The normalized spacial score (nSPS) is 18.1. The van der Waals surface area contributed by atoms with Crippen molar-refractivity contribution in [1.29, 1.82) is 0 Å². The third-order valence-corrected chi connectivity index (χ3v) is 6.33. The van der Waals surface area contributed by atoms with E-state index in [1.807, 2.05) is 0 Å². The first-order chi connectivity index (χ1) is 15.8. The van der Waals surface area contributed by atoms with E-state index < -0.39 is 40.1 Å². The van der Waals surface area contributed by atoms with Crippen molar-refractivity contribution in [2.45, 2.75) is 50.1 Å². The Morgan fingerprint density at radius 3 is 1.24 bits per heavy atom. The predicted octanol–water partition coefficient (Wildman–Crippen LogP) is 3.35. The van der Waals surface area contributed by atoms with E-state index in [2.05, 4.69) is 13.2 Å². The summed E-state index contributed by atoms with van der Waals surface area (Å²) in [6.07, 6.45) is 1.81. The number of esters is 2. The molecule has 4 atom stereocenters. The minimum atomic E-state index is -2.49. The highest BCUT2D eigenvalue weighted by Crippen LogP contribution is 2.45. The van der Waals surface area contributed by atoms with E-state index in [4.69, 9.17) is 9.47 Å². The molecule has 4 unspecified atom stereocenters. The Balaban J connectivity index is 2.71. The van der Waals surface area contributed by atoms with Crippen LogP contribution in [0.1, 0.15) is 38.8 Å². The Bertz CT molecular complexity index is 987. The molecule has 0 bridgehead atoms. The van der Waals surface area contributed by atoms with Gasteiger partial charge in [0.1, 0.15) is 0 Å². The van der Waals surface area contributed by atoms with E-state index in [0.717, 1.165) is 26.0 Å². The van der Waals surface area contributed by atoms with Crippen molar-refractivity contribution in [2.24, 2.45) is 0 Å². The van der Waals surface area contributed by atoms with Crippen molar-refractivity contribution in [3.63, 3.8) is 0 Å². The Morgan fingerprint density at radius 2 is 0.971 bits per heavy atom. The molecule has 0 spiro atoms. The van der Waals surface area contributed by atoms with Gasteiger partial charge in [-0.05, 0) is 38.8 Å². The fraction of sp³-hybridized carbons (Fsp3) is 0.296. The molecule has 7 nitrogen and oxygen atoms in total. The van der Waals surface area contributed by atoms with Gasteiger partial charge in [-0.15, -0.1) is 0 Å². The average molecular weight is 467 g/mol. The second-order valence-corrected chi connectivity index (χ2v) is 8.52. The lowest BCUT2D eigenvalue weighted by molar-refractivity contribution is -0.219. The van der Waals surface area contributed by atoms with Gasteiger partial charge < -0.3 is 19.7 Å². The van der Waals surface area contributed by atoms with E-state index in [1.54, 1.807) is 60.7 Å². The van der Waals surface area contributed by atoms with Gasteiger partial charge in [-0.2, -0.15) is 0 Å². The SMILES string of the molecule is C=CC(=O)OC(C)(c1ccccc1)C(C)(O)C(=O)C(C)(O)C(C)(OC(=O)C=C)c1ccccc1. The molecule has 7 heteroatoms. The van der Waals surface area contributed by atoms with Gasteiger partial charge in [-0.1, -0.05) is 73.8 Å². The van der Waals surface area contributed by atoms with Crippen LogP contribution in [0.25, 0.3) is 0 Å². The number of ketones is 1. The molecule has 2 N–H and O–H groups in total. The lowest BCUT2D eigenvalue weighted by Gasteiger charge is -2.48. The van der Waals surface area contributed by atoms with E-state index in [-0.39, 0.29) is 0 Å². The molecule has 0 aliphatic carbocycles. The quantitative estimate of drug-likeness (QED) is 0.408. The second-order valence-electron chi connectivity index (χ2n) is 8.52. The summed E-state index contributed by atoms with van der Waals surface area (Å²) in [5.74, 6) is -2.92. The zero-order valence-electron chi connectivity index (χ0n) is 19.8. The molecule has 34 heavy (non-hydrogen) atoms. The van der Waals surface area contributed by atoms with Gasteiger partial charge in [-0.25, -0.2) is 9.59 Å². The number of hydrogen-bond donors (Lipinski definition) is 2. The summed E-state index contributed by atoms with van der Waals surface area (Å²) >= 11 is 0. The largest absolute Gasteiger partial charge is 0.448 e. The summed E-state index contributed by atoms with van der Waals surface area (Å²) in [6, 6.07) is 16.3. The standard InChI is InChI=1S/C27H30O7/c1-7-21(28)33-26(5,19-15-11-9-12-16-19)24(3,31)23(30)25(4,32)27(6,34-22(29)8-2)20-17-13-10-14-18-20/h7-18,31-32H,1-2H2,3-6H3. The van der Waals surface area contributed by atoms with Crippen molar-refractivity contribution in [3.8, 4) is 0 Å². The van der Waals surface area contributed by atoms with E-state index in [0.29, 0.717) is 11.1 Å². The summed E-state index contributed by atoms with van der Waals surface area (Å²) in [6.45, 7) is 11.7. The first-order valence-electron chi connectivity index (χ1n) is 10.6. The average Bonchev–Trinajstić information content (AvgIpc) is 2.83. The van der Waals surface area contributed by atoms with Gasteiger partial charge in [-0.3, -0.25) is 4.79 Å². The van der Waals surface area contributed by atoms with Gasteiger partial charge >= 0.3 is 11.9 Å². The van der Waals surface area contributed by atoms with E-state index >= 15 is 0 Å². The highest BCUT2D eigenvalue weighted by molar-refractivity contribution is 5.97. The molecule has 2 aromatic rings. The second kappa shape index (κ2) is 9.75. The van der Waals surface area contributed by atoms with Crippen molar-refractivity contribution in [3.05, 3.63) is 97.1 Å². The molecule has 0 aliphatic rings. The third kappa shape index (κ3) is 4.58.